The maximum Gasteiger partial charge on any atom is 0.238 e. The van der Waals surface area contributed by atoms with Crippen molar-refractivity contribution in [1.82, 2.24) is 10.2 Å². The zero-order valence-electron chi connectivity index (χ0n) is 12.8. The number of nitrogens with two attached hydrogens (primary N) is 1. The number of primary amides is 1. The molecule has 0 saturated carbocycles. The zero-order valence-corrected chi connectivity index (χ0v) is 12.8. The van der Waals surface area contributed by atoms with Gasteiger partial charge < -0.3 is 11.1 Å². The maximum atomic E-state index is 11.6. The standard InChI is InChI=1S/C14H31N3O/c1-6-8-9-10-17(12(3)4)11-14(5,13(15)18)16-7-2/h12,16H,6-11H2,1-5H3,(H2,15,18). The monoisotopic (exact) mass is 257 g/mol. The normalized spacial score (nSPS) is 15.1. The Morgan fingerprint density at radius 3 is 2.33 bits per heavy atom. The molecule has 3 N–H and O–H groups in total. The molecule has 4 heteroatoms. The highest BCUT2D eigenvalue weighted by molar-refractivity contribution is 5.84. The van der Waals surface area contributed by atoms with E-state index in [0.29, 0.717) is 12.6 Å². The van der Waals surface area contributed by atoms with Crippen molar-refractivity contribution < 1.29 is 4.79 Å². The van der Waals surface area contributed by atoms with Gasteiger partial charge in [-0.25, -0.2) is 0 Å². The van der Waals surface area contributed by atoms with Crippen molar-refractivity contribution in [3.63, 3.8) is 0 Å². The van der Waals surface area contributed by atoms with Gasteiger partial charge in [-0.3, -0.25) is 9.69 Å². The minimum Gasteiger partial charge on any atom is -0.368 e. The number of carbonyl (C=O) groups is 1. The first-order valence-electron chi connectivity index (χ1n) is 7.16. The van der Waals surface area contributed by atoms with Crippen LogP contribution >= 0.6 is 0 Å². The molecule has 0 aliphatic heterocycles. The third kappa shape index (κ3) is 5.83. The van der Waals surface area contributed by atoms with E-state index >= 15 is 0 Å². The fraction of sp³-hybridized carbons (Fsp3) is 0.929. The molecular weight excluding hydrogens is 226 g/mol. The quantitative estimate of drug-likeness (QED) is 0.586. The summed E-state index contributed by atoms with van der Waals surface area (Å²) in [6, 6.07) is 0.430. The van der Waals surface area contributed by atoms with Crippen LogP contribution in [0.5, 0.6) is 0 Å². The molecule has 0 saturated heterocycles. The SMILES string of the molecule is CCCCCN(CC(C)(NCC)C(N)=O)C(C)C. The lowest BCUT2D eigenvalue weighted by atomic mass is 9.99. The second-order valence-electron chi connectivity index (χ2n) is 5.50. The van der Waals surface area contributed by atoms with Gasteiger partial charge in [-0.1, -0.05) is 26.7 Å². The number of likely N-dealkylation sites (N-methyl/N-ethyl adjacent to an activating group) is 1. The second-order valence-corrected chi connectivity index (χ2v) is 5.50. The molecule has 1 amide bonds. The van der Waals surface area contributed by atoms with E-state index in [1.54, 1.807) is 0 Å². The Morgan fingerprint density at radius 2 is 1.94 bits per heavy atom. The van der Waals surface area contributed by atoms with Crippen LogP contribution < -0.4 is 11.1 Å². The largest absolute Gasteiger partial charge is 0.368 e. The predicted molar refractivity (Wildman–Crippen MR) is 77.5 cm³/mol. The average Bonchev–Trinajstić information content (AvgIpc) is 2.28. The maximum absolute atomic E-state index is 11.6. The Hall–Kier alpha value is -0.610. The number of nitrogens with zero attached hydrogens (tertiary/aromatic N) is 1. The van der Waals surface area contributed by atoms with Crippen LogP contribution in [0.25, 0.3) is 0 Å². The molecule has 1 unspecified atom stereocenters. The van der Waals surface area contributed by atoms with Gasteiger partial charge in [0.05, 0.1) is 0 Å². The highest BCUT2D eigenvalue weighted by Gasteiger charge is 2.32. The second kappa shape index (κ2) is 8.48. The molecule has 0 heterocycles. The molecule has 0 bridgehead atoms. The number of rotatable bonds is 10. The number of hydrogen-bond acceptors (Lipinski definition) is 3. The van der Waals surface area contributed by atoms with E-state index in [4.69, 9.17) is 5.73 Å². The molecule has 4 nitrogen and oxygen atoms in total. The predicted octanol–water partition coefficient (Wildman–Crippen LogP) is 1.74. The van der Waals surface area contributed by atoms with Gasteiger partial charge in [-0.2, -0.15) is 0 Å². The van der Waals surface area contributed by atoms with Crippen LogP contribution in [-0.4, -0.2) is 42.0 Å². The van der Waals surface area contributed by atoms with Crippen molar-refractivity contribution in [3.05, 3.63) is 0 Å². The summed E-state index contributed by atoms with van der Waals surface area (Å²) in [6.07, 6.45) is 3.62. The van der Waals surface area contributed by atoms with Crippen molar-refractivity contribution in [1.29, 1.82) is 0 Å². The van der Waals surface area contributed by atoms with Crippen molar-refractivity contribution >= 4 is 5.91 Å². The summed E-state index contributed by atoms with van der Waals surface area (Å²) in [5.41, 5.74) is 4.90. The third-order valence-electron chi connectivity index (χ3n) is 3.41. The van der Waals surface area contributed by atoms with Crippen molar-refractivity contribution in [2.75, 3.05) is 19.6 Å². The molecule has 0 aliphatic rings. The Kier molecular flexibility index (Phi) is 8.20. The highest BCUT2D eigenvalue weighted by Crippen LogP contribution is 2.11. The summed E-state index contributed by atoms with van der Waals surface area (Å²) in [4.78, 5) is 14.0. The summed E-state index contributed by atoms with van der Waals surface area (Å²) < 4.78 is 0. The van der Waals surface area contributed by atoms with E-state index in [-0.39, 0.29) is 5.91 Å². The number of unbranched alkanes of at least 4 members (excludes halogenated alkanes) is 2. The van der Waals surface area contributed by atoms with Crippen LogP contribution in [0.15, 0.2) is 0 Å². The molecule has 0 fully saturated rings. The Morgan fingerprint density at radius 1 is 1.33 bits per heavy atom. The van der Waals surface area contributed by atoms with Crippen LogP contribution in [0.3, 0.4) is 0 Å². The average molecular weight is 257 g/mol. The molecule has 0 aromatic carbocycles. The molecule has 1 atom stereocenters. The van der Waals surface area contributed by atoms with Crippen LogP contribution in [-0.2, 0) is 4.79 Å². The van der Waals surface area contributed by atoms with Gasteiger partial charge in [-0.15, -0.1) is 0 Å². The fourth-order valence-electron chi connectivity index (χ4n) is 2.10. The van der Waals surface area contributed by atoms with Gasteiger partial charge in [0.25, 0.3) is 0 Å². The van der Waals surface area contributed by atoms with Gasteiger partial charge >= 0.3 is 0 Å². The Bertz CT molecular complexity index is 243. The van der Waals surface area contributed by atoms with Crippen molar-refractivity contribution in [3.8, 4) is 0 Å². The highest BCUT2D eigenvalue weighted by atomic mass is 16.1. The van der Waals surface area contributed by atoms with Crippen LogP contribution in [0.2, 0.25) is 0 Å². The van der Waals surface area contributed by atoms with Gasteiger partial charge in [0, 0.05) is 12.6 Å². The summed E-state index contributed by atoms with van der Waals surface area (Å²) in [5.74, 6) is -0.273. The van der Waals surface area contributed by atoms with Gasteiger partial charge in [0.15, 0.2) is 0 Å². The summed E-state index contributed by atoms with van der Waals surface area (Å²) in [5, 5.41) is 3.22. The summed E-state index contributed by atoms with van der Waals surface area (Å²) in [7, 11) is 0. The number of nitrogens with one attached hydrogen (secondary N) is 1. The van der Waals surface area contributed by atoms with E-state index in [0.717, 1.165) is 13.1 Å². The number of carbonyl (C=O) groups excluding carboxylic acids is 1. The van der Waals surface area contributed by atoms with E-state index in [1.165, 1.54) is 19.3 Å². The topological polar surface area (TPSA) is 58.4 Å². The molecule has 0 aromatic heterocycles. The van der Waals surface area contributed by atoms with Crippen molar-refractivity contribution in [2.45, 2.75) is 65.5 Å². The lowest BCUT2D eigenvalue weighted by molar-refractivity contribution is -0.124. The molecule has 0 spiro atoms. The molecular formula is C14H31N3O. The van der Waals surface area contributed by atoms with Crippen LogP contribution in [0.4, 0.5) is 0 Å². The Labute approximate surface area is 112 Å². The molecule has 108 valence electrons. The first kappa shape index (κ1) is 17.4. The Balaban J connectivity index is 4.56. The summed E-state index contributed by atoms with van der Waals surface area (Å²) in [6.45, 7) is 12.9. The third-order valence-corrected chi connectivity index (χ3v) is 3.41. The first-order chi connectivity index (χ1) is 8.37. The lowest BCUT2D eigenvalue weighted by Crippen LogP contribution is -2.60. The molecule has 0 radical (unpaired) electrons. The minimum absolute atomic E-state index is 0.273. The van der Waals surface area contributed by atoms with Crippen molar-refractivity contribution in [2.24, 2.45) is 5.73 Å². The van der Waals surface area contributed by atoms with E-state index in [9.17, 15) is 4.79 Å². The van der Waals surface area contributed by atoms with Gasteiger partial charge in [0.2, 0.25) is 5.91 Å². The molecule has 0 aromatic rings. The van der Waals surface area contributed by atoms with Crippen LogP contribution in [0.1, 0.15) is 53.9 Å². The molecule has 0 rings (SSSR count). The van der Waals surface area contributed by atoms with Crippen LogP contribution in [0, 0.1) is 0 Å². The number of amides is 1. The smallest absolute Gasteiger partial charge is 0.238 e. The minimum atomic E-state index is -0.634. The molecule has 0 aliphatic carbocycles. The molecule has 18 heavy (non-hydrogen) atoms. The zero-order chi connectivity index (χ0) is 14.2. The van der Waals surface area contributed by atoms with Gasteiger partial charge in [0.1, 0.15) is 5.54 Å². The first-order valence-corrected chi connectivity index (χ1v) is 7.16. The van der Waals surface area contributed by atoms with E-state index in [1.807, 2.05) is 13.8 Å². The summed E-state index contributed by atoms with van der Waals surface area (Å²) >= 11 is 0. The fourth-order valence-corrected chi connectivity index (χ4v) is 2.10. The van der Waals surface area contributed by atoms with E-state index < -0.39 is 5.54 Å². The van der Waals surface area contributed by atoms with Gasteiger partial charge in [-0.05, 0) is 40.3 Å². The number of hydrogen-bond donors (Lipinski definition) is 2. The van der Waals surface area contributed by atoms with E-state index in [2.05, 4.69) is 31.0 Å². The lowest BCUT2D eigenvalue weighted by Gasteiger charge is -2.36.